The molecule has 6 nitrogen and oxygen atoms in total. The number of aromatic nitrogens is 1. The zero-order chi connectivity index (χ0) is 20.1. The summed E-state index contributed by atoms with van der Waals surface area (Å²) in [4.78, 5) is 28.8. The average molecular weight is 419 g/mol. The van der Waals surface area contributed by atoms with Crippen LogP contribution in [0.25, 0.3) is 11.0 Å². The SMILES string of the molecule is Cc1csc(SCc2c(C(=O)NCCC(=O)OC(C)C)oc3ccccc23)n1. The van der Waals surface area contributed by atoms with Crippen LogP contribution < -0.4 is 5.32 Å². The van der Waals surface area contributed by atoms with Crippen LogP contribution in [0.1, 0.15) is 42.1 Å². The molecule has 0 aliphatic heterocycles. The van der Waals surface area contributed by atoms with Gasteiger partial charge in [0.05, 0.1) is 12.5 Å². The van der Waals surface area contributed by atoms with E-state index >= 15 is 0 Å². The van der Waals surface area contributed by atoms with Crippen molar-refractivity contribution < 1.29 is 18.7 Å². The molecular formula is C20H22N2O4S2. The molecule has 0 atom stereocenters. The van der Waals surface area contributed by atoms with Crippen molar-refractivity contribution in [1.29, 1.82) is 0 Å². The molecule has 3 aromatic rings. The number of thiazole rings is 1. The second kappa shape index (κ2) is 9.25. The fourth-order valence-corrected chi connectivity index (χ4v) is 4.52. The minimum absolute atomic E-state index is 0.118. The van der Waals surface area contributed by atoms with Gasteiger partial charge in [-0.1, -0.05) is 30.0 Å². The molecule has 0 aliphatic rings. The van der Waals surface area contributed by atoms with Gasteiger partial charge in [0.15, 0.2) is 5.76 Å². The molecule has 1 N–H and O–H groups in total. The summed E-state index contributed by atoms with van der Waals surface area (Å²) in [6.07, 6.45) is -0.0520. The Morgan fingerprint density at radius 3 is 2.82 bits per heavy atom. The lowest BCUT2D eigenvalue weighted by atomic mass is 10.1. The van der Waals surface area contributed by atoms with Crippen molar-refractivity contribution in [3.8, 4) is 0 Å². The molecule has 2 heterocycles. The Labute approximate surface area is 171 Å². The summed E-state index contributed by atoms with van der Waals surface area (Å²) in [5.41, 5.74) is 2.48. The number of nitrogens with zero attached hydrogens (tertiary/aromatic N) is 1. The molecule has 0 spiro atoms. The van der Waals surface area contributed by atoms with Gasteiger partial charge in [-0.25, -0.2) is 4.98 Å². The molecule has 0 unspecified atom stereocenters. The first kappa shape index (κ1) is 20.4. The lowest BCUT2D eigenvalue weighted by Gasteiger charge is -2.08. The fourth-order valence-electron chi connectivity index (χ4n) is 2.64. The summed E-state index contributed by atoms with van der Waals surface area (Å²) in [7, 11) is 0. The van der Waals surface area contributed by atoms with Crippen molar-refractivity contribution in [2.45, 2.75) is 43.4 Å². The number of hydrogen-bond donors (Lipinski definition) is 1. The number of hydrogen-bond acceptors (Lipinski definition) is 7. The lowest BCUT2D eigenvalue weighted by molar-refractivity contribution is -0.147. The highest BCUT2D eigenvalue weighted by molar-refractivity contribution is 8.00. The third kappa shape index (κ3) is 5.14. The number of amides is 1. The lowest BCUT2D eigenvalue weighted by Crippen LogP contribution is -2.27. The molecule has 0 aliphatic carbocycles. The maximum atomic E-state index is 12.7. The number of furan rings is 1. The quantitative estimate of drug-likeness (QED) is 0.427. The summed E-state index contributed by atoms with van der Waals surface area (Å²) < 4.78 is 11.8. The zero-order valence-corrected chi connectivity index (χ0v) is 17.6. The smallest absolute Gasteiger partial charge is 0.307 e. The first-order valence-electron chi connectivity index (χ1n) is 8.97. The predicted octanol–water partition coefficient (Wildman–Crippen LogP) is 4.56. The number of rotatable bonds is 8. The van der Waals surface area contributed by atoms with Crippen molar-refractivity contribution in [1.82, 2.24) is 10.3 Å². The molecule has 28 heavy (non-hydrogen) atoms. The molecule has 0 radical (unpaired) electrons. The van der Waals surface area contributed by atoms with Gasteiger partial charge in [0, 0.05) is 34.3 Å². The Morgan fingerprint density at radius 2 is 2.11 bits per heavy atom. The largest absolute Gasteiger partial charge is 0.463 e. The molecule has 8 heteroatoms. The molecular weight excluding hydrogens is 396 g/mol. The Bertz CT molecular complexity index is 978. The van der Waals surface area contributed by atoms with Crippen LogP contribution in [0.2, 0.25) is 0 Å². The molecule has 0 bridgehead atoms. The number of carbonyl (C=O) groups excluding carboxylic acids is 2. The maximum absolute atomic E-state index is 12.7. The number of fused-ring (bicyclic) bond motifs is 1. The number of carbonyl (C=O) groups is 2. The maximum Gasteiger partial charge on any atom is 0.307 e. The average Bonchev–Trinajstić information content (AvgIpc) is 3.22. The van der Waals surface area contributed by atoms with Crippen LogP contribution in [-0.2, 0) is 15.3 Å². The van der Waals surface area contributed by atoms with Crippen LogP contribution in [0.15, 0.2) is 38.4 Å². The van der Waals surface area contributed by atoms with Crippen LogP contribution in [0.3, 0.4) is 0 Å². The number of aryl methyl sites for hydroxylation is 1. The molecule has 0 fully saturated rings. The van der Waals surface area contributed by atoms with Crippen molar-refractivity contribution in [3.05, 3.63) is 46.7 Å². The summed E-state index contributed by atoms with van der Waals surface area (Å²) in [5.74, 6) is 0.177. The van der Waals surface area contributed by atoms with E-state index in [1.165, 1.54) is 0 Å². The molecule has 3 rings (SSSR count). The second-order valence-corrected chi connectivity index (χ2v) is 8.57. The number of thioether (sulfide) groups is 1. The second-order valence-electron chi connectivity index (χ2n) is 6.49. The summed E-state index contributed by atoms with van der Waals surface area (Å²) >= 11 is 3.16. The van der Waals surface area contributed by atoms with E-state index in [0.29, 0.717) is 11.3 Å². The van der Waals surface area contributed by atoms with Crippen LogP contribution in [0.4, 0.5) is 0 Å². The van der Waals surface area contributed by atoms with E-state index in [1.807, 2.05) is 36.6 Å². The van der Waals surface area contributed by atoms with E-state index in [-0.39, 0.29) is 36.7 Å². The number of esters is 1. The topological polar surface area (TPSA) is 81.4 Å². The van der Waals surface area contributed by atoms with Gasteiger partial charge in [0.2, 0.25) is 0 Å². The number of ether oxygens (including phenoxy) is 1. The van der Waals surface area contributed by atoms with Gasteiger partial charge in [0.25, 0.3) is 5.91 Å². The zero-order valence-electron chi connectivity index (χ0n) is 16.0. The fraction of sp³-hybridized carbons (Fsp3) is 0.350. The first-order valence-corrected chi connectivity index (χ1v) is 10.8. The van der Waals surface area contributed by atoms with Crippen molar-refractivity contribution in [3.63, 3.8) is 0 Å². The van der Waals surface area contributed by atoms with E-state index < -0.39 is 0 Å². The molecule has 1 aromatic carbocycles. The third-order valence-corrected chi connectivity index (χ3v) is 5.99. The molecule has 1 amide bonds. The first-order chi connectivity index (χ1) is 13.4. The summed E-state index contributed by atoms with van der Waals surface area (Å²) in [6, 6.07) is 7.58. The number of nitrogens with one attached hydrogen (secondary N) is 1. The highest BCUT2D eigenvalue weighted by Crippen LogP contribution is 2.33. The summed E-state index contributed by atoms with van der Waals surface area (Å²) in [5, 5.41) is 5.66. The minimum atomic E-state index is -0.338. The van der Waals surface area contributed by atoms with E-state index in [4.69, 9.17) is 9.15 Å². The molecule has 148 valence electrons. The highest BCUT2D eigenvalue weighted by atomic mass is 32.2. The van der Waals surface area contributed by atoms with Crippen molar-refractivity contribution >= 4 is 45.9 Å². The monoisotopic (exact) mass is 418 g/mol. The normalized spacial score (nSPS) is 11.1. The highest BCUT2D eigenvalue weighted by Gasteiger charge is 2.21. The number of para-hydroxylation sites is 1. The Morgan fingerprint density at radius 1 is 1.32 bits per heavy atom. The van der Waals surface area contributed by atoms with Crippen LogP contribution in [-0.4, -0.2) is 29.5 Å². The van der Waals surface area contributed by atoms with Gasteiger partial charge in [-0.05, 0) is 26.8 Å². The van der Waals surface area contributed by atoms with E-state index in [9.17, 15) is 9.59 Å². The van der Waals surface area contributed by atoms with Crippen LogP contribution >= 0.6 is 23.1 Å². The Hall–Kier alpha value is -2.32. The molecule has 0 saturated heterocycles. The van der Waals surface area contributed by atoms with Gasteiger partial charge in [-0.2, -0.15) is 0 Å². The van der Waals surface area contributed by atoms with Gasteiger partial charge in [-0.15, -0.1) is 11.3 Å². The van der Waals surface area contributed by atoms with Crippen LogP contribution in [0.5, 0.6) is 0 Å². The Kier molecular flexibility index (Phi) is 6.74. The standard InChI is InChI=1S/C20H22N2O4S2/c1-12(2)25-17(23)8-9-21-19(24)18-15(11-28-20-22-13(3)10-27-20)14-6-4-5-7-16(14)26-18/h4-7,10,12H,8-9,11H2,1-3H3,(H,21,24). The van der Waals surface area contributed by atoms with E-state index in [0.717, 1.165) is 21.0 Å². The van der Waals surface area contributed by atoms with E-state index in [2.05, 4.69) is 10.3 Å². The Balaban J connectivity index is 1.72. The van der Waals surface area contributed by atoms with Crippen molar-refractivity contribution in [2.24, 2.45) is 0 Å². The van der Waals surface area contributed by atoms with Gasteiger partial charge in [-0.3, -0.25) is 9.59 Å². The predicted molar refractivity (Wildman–Crippen MR) is 111 cm³/mol. The summed E-state index contributed by atoms with van der Waals surface area (Å²) in [6.45, 7) is 5.73. The van der Waals surface area contributed by atoms with E-state index in [1.54, 1.807) is 36.9 Å². The van der Waals surface area contributed by atoms with Gasteiger partial charge in [0.1, 0.15) is 9.92 Å². The molecule has 0 saturated carbocycles. The third-order valence-electron chi connectivity index (χ3n) is 3.82. The van der Waals surface area contributed by atoms with Gasteiger partial charge >= 0.3 is 5.97 Å². The number of benzene rings is 1. The van der Waals surface area contributed by atoms with Crippen LogP contribution in [0, 0.1) is 6.92 Å². The van der Waals surface area contributed by atoms with Crippen molar-refractivity contribution in [2.75, 3.05) is 6.54 Å². The van der Waals surface area contributed by atoms with Gasteiger partial charge < -0.3 is 14.5 Å². The molecule has 2 aromatic heterocycles. The minimum Gasteiger partial charge on any atom is -0.463 e.